The van der Waals surface area contributed by atoms with E-state index in [1.165, 1.54) is 13.8 Å². The van der Waals surface area contributed by atoms with Crippen molar-refractivity contribution >= 4 is 11.9 Å². The van der Waals surface area contributed by atoms with E-state index in [1.54, 1.807) is 0 Å². The van der Waals surface area contributed by atoms with Gasteiger partial charge >= 0.3 is 11.9 Å². The van der Waals surface area contributed by atoms with Crippen LogP contribution in [0.2, 0.25) is 0 Å². The van der Waals surface area contributed by atoms with Gasteiger partial charge < -0.3 is 4.74 Å². The maximum atomic E-state index is 9.81. The second-order valence-corrected chi connectivity index (χ2v) is 1.09. The van der Waals surface area contributed by atoms with E-state index in [4.69, 9.17) is 0 Å². The molecule has 0 aliphatic rings. The molecule has 0 aromatic heterocycles. The maximum Gasteiger partial charge on any atom is 0.310 e. The molecule has 0 N–H and O–H groups in total. The molecule has 0 saturated carbocycles. The number of hydrogen-bond donors (Lipinski definition) is 0. The summed E-state index contributed by atoms with van der Waals surface area (Å²) in [5, 5.41) is 0. The van der Waals surface area contributed by atoms with Crippen molar-refractivity contribution in [1.29, 1.82) is 0 Å². The molecule has 0 aliphatic heterocycles. The number of rotatable bonds is 0. The van der Waals surface area contributed by atoms with Crippen LogP contribution in [0.1, 0.15) is 13.8 Å². The minimum atomic E-state index is -0.562. The van der Waals surface area contributed by atoms with Crippen LogP contribution in [0.25, 0.3) is 0 Å². The van der Waals surface area contributed by atoms with E-state index in [2.05, 4.69) is 4.74 Å². The van der Waals surface area contributed by atoms with E-state index in [1.807, 2.05) is 0 Å². The number of hydrogen-bond acceptors (Lipinski definition) is 3. The van der Waals surface area contributed by atoms with Crippen LogP contribution in [0.15, 0.2) is 0 Å². The summed E-state index contributed by atoms with van der Waals surface area (Å²) in [5.41, 5.74) is 0. The molecule has 0 amide bonds. The van der Waals surface area contributed by atoms with Crippen LogP contribution in [0.5, 0.6) is 0 Å². The monoisotopic (exact) mass is 241 g/mol. The normalized spacial score (nSPS) is 6.75. The molecule has 0 bridgehead atoms. The number of carbonyl (C=O) groups excluding carboxylic acids is 2. The molecule has 0 spiro atoms. The Morgan fingerprint density at radius 1 is 1.12 bits per heavy atom. The second-order valence-electron chi connectivity index (χ2n) is 1.09. The van der Waals surface area contributed by atoms with Gasteiger partial charge in [0.15, 0.2) is 0 Å². The van der Waals surface area contributed by atoms with Crippen LogP contribution in [0, 0.1) is 35.6 Å². The minimum absolute atomic E-state index is 0. The molecule has 0 atom stereocenters. The Morgan fingerprint density at radius 2 is 1.38 bits per heavy atom. The molecule has 0 heterocycles. The Balaban J connectivity index is 0. The van der Waals surface area contributed by atoms with Crippen LogP contribution in [0.3, 0.4) is 0 Å². The van der Waals surface area contributed by atoms with Crippen LogP contribution in [0.4, 0.5) is 0 Å². The summed E-state index contributed by atoms with van der Waals surface area (Å²) in [7, 11) is 0. The number of esters is 2. The summed E-state index contributed by atoms with van der Waals surface area (Å²) in [4.78, 5) is 19.6. The summed E-state index contributed by atoms with van der Waals surface area (Å²) in [6.45, 7) is 2.36. The molecule has 0 fully saturated rings. The zero-order chi connectivity index (χ0) is 5.86. The first-order valence-electron chi connectivity index (χ1n) is 1.82. The van der Waals surface area contributed by atoms with Crippen molar-refractivity contribution in [1.82, 2.24) is 0 Å². The molecule has 0 saturated heterocycles. The Kier molecular flexibility index (Phi) is 7.64. The third-order valence-electron chi connectivity index (χ3n) is 0.287. The molecule has 4 heteroatoms. The quantitative estimate of drug-likeness (QED) is 0.446. The molecule has 0 aromatic rings. The van der Waals surface area contributed by atoms with Crippen LogP contribution >= 0.6 is 0 Å². The molecule has 0 rings (SSSR count). The standard InChI is InChI=1S/C4H6O3.La/c1-3(5)7-4(2)6;/h1-2H3;. The molecule has 1 radical (unpaired) electrons. The molecule has 43 valence electrons. The predicted molar refractivity (Wildman–Crippen MR) is 22.4 cm³/mol. The SMILES string of the molecule is CC(=O)OC(C)=O.[La]. The fourth-order valence-corrected chi connectivity index (χ4v) is 0.202. The first kappa shape index (κ1) is 11.2. The maximum absolute atomic E-state index is 9.81. The van der Waals surface area contributed by atoms with Crippen molar-refractivity contribution in [3.63, 3.8) is 0 Å². The van der Waals surface area contributed by atoms with Crippen molar-refractivity contribution in [3.05, 3.63) is 0 Å². The smallest absolute Gasteiger partial charge is 0.310 e. The first-order valence-corrected chi connectivity index (χ1v) is 1.82. The second kappa shape index (κ2) is 5.47. The third-order valence-corrected chi connectivity index (χ3v) is 0.287. The molecular formula is C4H6LaO3. The van der Waals surface area contributed by atoms with Crippen LogP contribution < -0.4 is 0 Å². The van der Waals surface area contributed by atoms with Crippen molar-refractivity contribution in [2.24, 2.45) is 0 Å². The summed E-state index contributed by atoms with van der Waals surface area (Å²) in [6.07, 6.45) is 0. The van der Waals surface area contributed by atoms with E-state index in [0.29, 0.717) is 0 Å². The zero-order valence-electron chi connectivity index (χ0n) is 4.80. The summed E-state index contributed by atoms with van der Waals surface area (Å²) < 4.78 is 3.97. The Bertz CT molecular complexity index is 87.5. The van der Waals surface area contributed by atoms with Gasteiger partial charge in [-0.2, -0.15) is 0 Å². The van der Waals surface area contributed by atoms with Crippen LogP contribution in [-0.2, 0) is 14.3 Å². The summed E-state index contributed by atoms with van der Waals surface area (Å²) in [6, 6.07) is 0. The summed E-state index contributed by atoms with van der Waals surface area (Å²) in [5.74, 6) is -1.12. The van der Waals surface area contributed by atoms with E-state index >= 15 is 0 Å². The van der Waals surface area contributed by atoms with Gasteiger partial charge in [-0.1, -0.05) is 0 Å². The van der Waals surface area contributed by atoms with Crippen molar-refractivity contribution in [3.8, 4) is 0 Å². The van der Waals surface area contributed by atoms with E-state index in [0.717, 1.165) is 0 Å². The average molecular weight is 241 g/mol. The predicted octanol–water partition coefficient (Wildman–Crippen LogP) is 0.0960. The van der Waals surface area contributed by atoms with Gasteiger partial charge in [0.25, 0.3) is 0 Å². The molecule has 3 nitrogen and oxygen atoms in total. The van der Waals surface area contributed by atoms with E-state index in [-0.39, 0.29) is 35.6 Å². The van der Waals surface area contributed by atoms with Crippen LogP contribution in [-0.4, -0.2) is 11.9 Å². The minimum Gasteiger partial charge on any atom is -0.394 e. The average Bonchev–Trinajstić information content (AvgIpc) is 1.27. The fourth-order valence-electron chi connectivity index (χ4n) is 0.202. The molecule has 0 aliphatic carbocycles. The van der Waals surface area contributed by atoms with Crippen molar-refractivity contribution in [2.45, 2.75) is 13.8 Å². The number of carbonyl (C=O) groups is 2. The fraction of sp³-hybridized carbons (Fsp3) is 0.500. The first-order chi connectivity index (χ1) is 3.13. The summed E-state index contributed by atoms with van der Waals surface area (Å²) >= 11 is 0. The van der Waals surface area contributed by atoms with Gasteiger partial charge in [0, 0.05) is 49.4 Å². The van der Waals surface area contributed by atoms with Gasteiger partial charge in [0.1, 0.15) is 0 Å². The Morgan fingerprint density at radius 3 is 1.38 bits per heavy atom. The van der Waals surface area contributed by atoms with Gasteiger partial charge in [-0.3, -0.25) is 9.59 Å². The molecular weight excluding hydrogens is 235 g/mol. The Hall–Kier alpha value is 0.335. The number of ether oxygens (including phenoxy) is 1. The van der Waals surface area contributed by atoms with E-state index in [9.17, 15) is 9.59 Å². The van der Waals surface area contributed by atoms with Gasteiger partial charge in [-0.15, -0.1) is 0 Å². The van der Waals surface area contributed by atoms with Gasteiger partial charge in [0.05, 0.1) is 0 Å². The van der Waals surface area contributed by atoms with Gasteiger partial charge in [-0.25, -0.2) is 0 Å². The largest absolute Gasteiger partial charge is 0.394 e. The van der Waals surface area contributed by atoms with Gasteiger partial charge in [0.2, 0.25) is 0 Å². The van der Waals surface area contributed by atoms with E-state index < -0.39 is 11.9 Å². The topological polar surface area (TPSA) is 43.4 Å². The molecule has 0 aromatic carbocycles. The third kappa shape index (κ3) is 9.59. The Labute approximate surface area is 75.4 Å². The van der Waals surface area contributed by atoms with Crippen molar-refractivity contribution in [2.75, 3.05) is 0 Å². The van der Waals surface area contributed by atoms with Gasteiger partial charge in [-0.05, 0) is 0 Å². The molecule has 0 unspecified atom stereocenters. The van der Waals surface area contributed by atoms with Crippen molar-refractivity contribution < 1.29 is 49.9 Å². The molecule has 8 heavy (non-hydrogen) atoms. The zero-order valence-corrected chi connectivity index (χ0v) is 8.43.